The Morgan fingerprint density at radius 2 is 2.00 bits per heavy atom. The average molecular weight is 276 g/mol. The van der Waals surface area contributed by atoms with Gasteiger partial charge in [-0.1, -0.05) is 30.3 Å². The van der Waals surface area contributed by atoms with E-state index < -0.39 is 0 Å². The Balaban J connectivity index is 1.64. The predicted octanol–water partition coefficient (Wildman–Crippen LogP) is 1.80. The highest BCUT2D eigenvalue weighted by Crippen LogP contribution is 2.13. The molecule has 0 spiro atoms. The molecular formula is C16H24N2O2. The topological polar surface area (TPSA) is 41.6 Å². The highest BCUT2D eigenvalue weighted by molar-refractivity contribution is 5.69. The van der Waals surface area contributed by atoms with Gasteiger partial charge < -0.3 is 10.1 Å². The predicted molar refractivity (Wildman–Crippen MR) is 79.4 cm³/mol. The Morgan fingerprint density at radius 1 is 1.30 bits per heavy atom. The molecule has 0 saturated carbocycles. The fraction of sp³-hybridized carbons (Fsp3) is 0.562. The van der Waals surface area contributed by atoms with Crippen LogP contribution in [0.2, 0.25) is 0 Å². The van der Waals surface area contributed by atoms with E-state index in [4.69, 9.17) is 0 Å². The van der Waals surface area contributed by atoms with E-state index in [9.17, 15) is 4.79 Å². The summed E-state index contributed by atoms with van der Waals surface area (Å²) in [5.74, 6) is -0.140. The molecule has 1 aliphatic heterocycles. The van der Waals surface area contributed by atoms with Gasteiger partial charge >= 0.3 is 5.97 Å². The zero-order chi connectivity index (χ0) is 14.2. The summed E-state index contributed by atoms with van der Waals surface area (Å²) in [5, 5.41) is 3.44. The summed E-state index contributed by atoms with van der Waals surface area (Å²) in [6.45, 7) is 3.99. The lowest BCUT2D eigenvalue weighted by molar-refractivity contribution is -0.140. The van der Waals surface area contributed by atoms with Crippen molar-refractivity contribution >= 4 is 5.97 Å². The van der Waals surface area contributed by atoms with E-state index in [0.29, 0.717) is 12.5 Å². The number of esters is 1. The molecule has 2 rings (SSSR count). The number of rotatable bonds is 6. The number of benzene rings is 1. The molecule has 1 aromatic carbocycles. The molecule has 1 aromatic rings. The quantitative estimate of drug-likeness (QED) is 0.805. The van der Waals surface area contributed by atoms with E-state index in [0.717, 1.165) is 39.0 Å². The second-order valence-corrected chi connectivity index (χ2v) is 5.32. The SMILES string of the molecule is COC(=O)CCNC1CCN(Cc2ccccc2)CC1. The highest BCUT2D eigenvalue weighted by Gasteiger charge is 2.18. The monoisotopic (exact) mass is 276 g/mol. The van der Waals surface area contributed by atoms with Crippen LogP contribution in [0.1, 0.15) is 24.8 Å². The van der Waals surface area contributed by atoms with Gasteiger partial charge in [-0.3, -0.25) is 9.69 Å². The fourth-order valence-electron chi connectivity index (χ4n) is 2.62. The maximum absolute atomic E-state index is 11.0. The maximum Gasteiger partial charge on any atom is 0.306 e. The third-order valence-corrected chi connectivity index (χ3v) is 3.83. The highest BCUT2D eigenvalue weighted by atomic mass is 16.5. The molecule has 0 unspecified atom stereocenters. The smallest absolute Gasteiger partial charge is 0.306 e. The molecule has 0 aromatic heterocycles. The first-order valence-corrected chi connectivity index (χ1v) is 7.34. The standard InChI is InChI=1S/C16H24N2O2/c1-20-16(19)7-10-17-15-8-11-18(12-9-15)13-14-5-3-2-4-6-14/h2-6,15,17H,7-13H2,1H3. The summed E-state index contributed by atoms with van der Waals surface area (Å²) in [5.41, 5.74) is 1.38. The molecule has 0 atom stereocenters. The van der Waals surface area contributed by atoms with E-state index in [-0.39, 0.29) is 5.97 Å². The minimum absolute atomic E-state index is 0.140. The number of carbonyl (C=O) groups excluding carboxylic acids is 1. The number of nitrogens with one attached hydrogen (secondary N) is 1. The third-order valence-electron chi connectivity index (χ3n) is 3.83. The first-order valence-electron chi connectivity index (χ1n) is 7.34. The molecule has 4 nitrogen and oxygen atoms in total. The minimum atomic E-state index is -0.140. The van der Waals surface area contributed by atoms with E-state index >= 15 is 0 Å². The van der Waals surface area contributed by atoms with Crippen molar-refractivity contribution < 1.29 is 9.53 Å². The van der Waals surface area contributed by atoms with Crippen molar-refractivity contribution in [3.05, 3.63) is 35.9 Å². The maximum atomic E-state index is 11.0. The van der Waals surface area contributed by atoms with Crippen molar-refractivity contribution in [2.24, 2.45) is 0 Å². The molecule has 1 heterocycles. The van der Waals surface area contributed by atoms with Crippen LogP contribution in [0.5, 0.6) is 0 Å². The normalized spacial score (nSPS) is 17.1. The van der Waals surface area contributed by atoms with Crippen LogP contribution in [0.15, 0.2) is 30.3 Å². The van der Waals surface area contributed by atoms with Crippen LogP contribution in [0.25, 0.3) is 0 Å². The van der Waals surface area contributed by atoms with Gasteiger partial charge in [0, 0.05) is 19.1 Å². The second-order valence-electron chi connectivity index (χ2n) is 5.32. The van der Waals surface area contributed by atoms with Gasteiger partial charge in [-0.05, 0) is 31.5 Å². The van der Waals surface area contributed by atoms with Crippen LogP contribution in [0, 0.1) is 0 Å². The van der Waals surface area contributed by atoms with Crippen LogP contribution in [0.3, 0.4) is 0 Å². The molecule has 1 N–H and O–H groups in total. The lowest BCUT2D eigenvalue weighted by atomic mass is 10.0. The van der Waals surface area contributed by atoms with E-state index in [2.05, 4.69) is 45.3 Å². The van der Waals surface area contributed by atoms with E-state index in [1.165, 1.54) is 12.7 Å². The number of piperidine rings is 1. The molecule has 1 saturated heterocycles. The van der Waals surface area contributed by atoms with E-state index in [1.54, 1.807) is 0 Å². The van der Waals surface area contributed by atoms with Crippen LogP contribution in [0.4, 0.5) is 0 Å². The van der Waals surface area contributed by atoms with Crippen LogP contribution >= 0.6 is 0 Å². The molecule has 0 aliphatic carbocycles. The number of carbonyl (C=O) groups is 1. The van der Waals surface area contributed by atoms with Gasteiger partial charge in [0.2, 0.25) is 0 Å². The largest absolute Gasteiger partial charge is 0.469 e. The Kier molecular flexibility index (Phi) is 6.02. The van der Waals surface area contributed by atoms with Crippen LogP contribution in [-0.4, -0.2) is 43.7 Å². The number of ether oxygens (including phenoxy) is 1. The van der Waals surface area contributed by atoms with Crippen LogP contribution in [-0.2, 0) is 16.1 Å². The van der Waals surface area contributed by atoms with Gasteiger partial charge in [-0.25, -0.2) is 0 Å². The van der Waals surface area contributed by atoms with Gasteiger partial charge in [-0.2, -0.15) is 0 Å². The zero-order valence-electron chi connectivity index (χ0n) is 12.2. The number of nitrogens with zero attached hydrogens (tertiary/aromatic N) is 1. The van der Waals surface area contributed by atoms with Gasteiger partial charge in [-0.15, -0.1) is 0 Å². The van der Waals surface area contributed by atoms with Crippen molar-refractivity contribution in [2.75, 3.05) is 26.7 Å². The van der Waals surface area contributed by atoms with Crippen molar-refractivity contribution in [1.82, 2.24) is 10.2 Å². The average Bonchev–Trinajstić information content (AvgIpc) is 2.50. The summed E-state index contributed by atoms with van der Waals surface area (Å²) in [7, 11) is 1.43. The molecular weight excluding hydrogens is 252 g/mol. The number of hydrogen-bond acceptors (Lipinski definition) is 4. The molecule has 20 heavy (non-hydrogen) atoms. The van der Waals surface area contributed by atoms with Crippen molar-refractivity contribution in [3.8, 4) is 0 Å². The fourth-order valence-corrected chi connectivity index (χ4v) is 2.62. The Morgan fingerprint density at radius 3 is 2.65 bits per heavy atom. The van der Waals surface area contributed by atoms with Gasteiger partial charge in [0.25, 0.3) is 0 Å². The van der Waals surface area contributed by atoms with Gasteiger partial charge in [0.05, 0.1) is 13.5 Å². The Hall–Kier alpha value is -1.39. The van der Waals surface area contributed by atoms with Crippen molar-refractivity contribution in [3.63, 3.8) is 0 Å². The van der Waals surface area contributed by atoms with Crippen molar-refractivity contribution in [1.29, 1.82) is 0 Å². The minimum Gasteiger partial charge on any atom is -0.469 e. The first kappa shape index (κ1) is 15.0. The lowest BCUT2D eigenvalue weighted by Crippen LogP contribution is -2.42. The van der Waals surface area contributed by atoms with Crippen LogP contribution < -0.4 is 5.32 Å². The molecule has 110 valence electrons. The summed E-state index contributed by atoms with van der Waals surface area (Å²) >= 11 is 0. The summed E-state index contributed by atoms with van der Waals surface area (Å²) in [4.78, 5) is 13.5. The number of likely N-dealkylation sites (tertiary alicyclic amines) is 1. The first-order chi connectivity index (χ1) is 9.78. The second kappa shape index (κ2) is 8.02. The molecule has 0 amide bonds. The zero-order valence-corrected chi connectivity index (χ0v) is 12.2. The summed E-state index contributed by atoms with van der Waals surface area (Å²) in [6, 6.07) is 11.1. The number of methoxy groups -OCH3 is 1. The summed E-state index contributed by atoms with van der Waals surface area (Å²) in [6.07, 6.45) is 2.75. The van der Waals surface area contributed by atoms with E-state index in [1.807, 2.05) is 0 Å². The molecule has 1 fully saturated rings. The summed E-state index contributed by atoms with van der Waals surface area (Å²) < 4.78 is 4.64. The molecule has 1 aliphatic rings. The lowest BCUT2D eigenvalue weighted by Gasteiger charge is -2.32. The molecule has 4 heteroatoms. The molecule has 0 radical (unpaired) electrons. The van der Waals surface area contributed by atoms with Gasteiger partial charge in [0.1, 0.15) is 0 Å². The molecule has 0 bridgehead atoms. The third kappa shape index (κ3) is 4.94. The Bertz CT molecular complexity index is 400. The number of hydrogen-bond donors (Lipinski definition) is 1. The Labute approximate surface area is 121 Å². The van der Waals surface area contributed by atoms with Gasteiger partial charge in [0.15, 0.2) is 0 Å². The van der Waals surface area contributed by atoms with Crippen molar-refractivity contribution in [2.45, 2.75) is 31.8 Å².